The van der Waals surface area contributed by atoms with Gasteiger partial charge in [0.1, 0.15) is 17.3 Å². The Hall–Kier alpha value is -3.91. The second-order valence-electron chi connectivity index (χ2n) is 10.1. The van der Waals surface area contributed by atoms with Gasteiger partial charge in [-0.25, -0.2) is 18.7 Å². The molecule has 0 aliphatic carbocycles. The lowest BCUT2D eigenvalue weighted by Gasteiger charge is -2.33. The van der Waals surface area contributed by atoms with Crippen LogP contribution in [0.4, 0.5) is 14.6 Å². The number of hydrogen-bond donors (Lipinski definition) is 0. The highest BCUT2D eigenvalue weighted by atomic mass is 19.1. The first-order valence-corrected chi connectivity index (χ1v) is 13.1. The van der Waals surface area contributed by atoms with E-state index in [-0.39, 0.29) is 0 Å². The van der Waals surface area contributed by atoms with Crippen LogP contribution in [0, 0.1) is 11.6 Å². The van der Waals surface area contributed by atoms with Crippen LogP contribution < -0.4 is 4.90 Å². The van der Waals surface area contributed by atoms with Crippen LogP contribution in [0.2, 0.25) is 0 Å². The molecule has 8 heteroatoms. The first-order valence-electron chi connectivity index (χ1n) is 13.1. The van der Waals surface area contributed by atoms with Gasteiger partial charge in [-0.05, 0) is 30.5 Å². The Morgan fingerprint density at radius 2 is 1.74 bits per heavy atom. The largest absolute Gasteiger partial charge is 0.354 e. The van der Waals surface area contributed by atoms with Crippen molar-refractivity contribution in [2.75, 3.05) is 24.5 Å². The molecule has 0 unspecified atom stereocenters. The Bertz CT molecular complexity index is 1470. The molecule has 0 radical (unpaired) electrons. The highest BCUT2D eigenvalue weighted by Crippen LogP contribution is 2.33. The summed E-state index contributed by atoms with van der Waals surface area (Å²) in [5.74, 6) is -0.197. The maximum absolute atomic E-state index is 14.2. The van der Waals surface area contributed by atoms with E-state index < -0.39 is 11.6 Å². The fourth-order valence-corrected chi connectivity index (χ4v) is 5.30. The molecule has 1 saturated heterocycles. The molecule has 4 aromatic rings. The van der Waals surface area contributed by atoms with Crippen LogP contribution in [0.25, 0.3) is 17.3 Å². The topological polar surface area (TPSA) is 50.1 Å². The van der Waals surface area contributed by atoms with E-state index in [9.17, 15) is 8.78 Å². The number of fused-ring (bicyclic) bond motifs is 1. The Morgan fingerprint density at radius 1 is 0.921 bits per heavy atom. The summed E-state index contributed by atoms with van der Waals surface area (Å²) in [6, 6.07) is 14.3. The van der Waals surface area contributed by atoms with Crippen LogP contribution in [0.1, 0.15) is 35.4 Å². The average molecular weight is 513 g/mol. The van der Waals surface area contributed by atoms with Gasteiger partial charge in [-0.3, -0.25) is 9.58 Å². The Balaban J connectivity index is 1.25. The molecule has 2 aliphatic rings. The summed E-state index contributed by atoms with van der Waals surface area (Å²) in [5, 5.41) is 4.38. The third-order valence-electron chi connectivity index (χ3n) is 7.33. The second-order valence-corrected chi connectivity index (χ2v) is 10.1. The molecule has 2 aromatic carbocycles. The quantitative estimate of drug-likeness (QED) is 0.359. The summed E-state index contributed by atoms with van der Waals surface area (Å²) in [5.41, 5.74) is 6.77. The minimum Gasteiger partial charge on any atom is -0.354 e. The van der Waals surface area contributed by atoms with E-state index in [0.717, 1.165) is 92.1 Å². The Kier molecular flexibility index (Phi) is 6.72. The standard InChI is InChI=1S/C30H30F2N6/c1-36-19-24(17-33-36)29-30(38-13-9-21(10-14-38)15-23-7-8-25(31)16-26(23)32)35-27-11-12-37(20-28(27)34-29)18-22-5-3-2-4-6-22/h2-8,15-17,19H,9-14,18,20H2,1H3. The third kappa shape index (κ3) is 5.22. The molecule has 0 N–H and O–H groups in total. The predicted molar refractivity (Wildman–Crippen MR) is 144 cm³/mol. The lowest BCUT2D eigenvalue weighted by atomic mass is 10.00. The average Bonchev–Trinajstić information content (AvgIpc) is 3.36. The molecule has 6 rings (SSSR count). The van der Waals surface area contributed by atoms with Crippen molar-refractivity contribution in [1.82, 2.24) is 24.6 Å². The molecule has 1 fully saturated rings. The van der Waals surface area contributed by atoms with E-state index in [0.29, 0.717) is 5.56 Å². The van der Waals surface area contributed by atoms with Crippen LogP contribution in [-0.4, -0.2) is 44.3 Å². The van der Waals surface area contributed by atoms with Crippen LogP contribution in [0.5, 0.6) is 0 Å². The molecule has 0 amide bonds. The number of aromatic nitrogens is 4. The summed E-state index contributed by atoms with van der Waals surface area (Å²) in [6.07, 6.45) is 8.11. The maximum Gasteiger partial charge on any atom is 0.155 e. The normalized spacial score (nSPS) is 16.0. The molecule has 0 spiro atoms. The van der Waals surface area contributed by atoms with Gasteiger partial charge in [0.05, 0.1) is 17.6 Å². The SMILES string of the molecule is Cn1cc(-c2nc3c(nc2N2CCC(=Cc4ccc(F)cc4F)CC2)CCN(Cc2ccccc2)C3)cn1. The minimum absolute atomic E-state index is 0.430. The van der Waals surface area contributed by atoms with Crippen molar-refractivity contribution >= 4 is 11.9 Å². The lowest BCUT2D eigenvalue weighted by molar-refractivity contribution is 0.239. The number of aryl methyl sites for hydroxylation is 1. The van der Waals surface area contributed by atoms with E-state index in [1.165, 1.54) is 17.7 Å². The maximum atomic E-state index is 14.2. The smallest absolute Gasteiger partial charge is 0.155 e. The summed E-state index contributed by atoms with van der Waals surface area (Å²) in [4.78, 5) is 15.1. The zero-order valence-corrected chi connectivity index (χ0v) is 21.4. The van der Waals surface area contributed by atoms with Gasteiger partial charge in [-0.2, -0.15) is 5.10 Å². The van der Waals surface area contributed by atoms with Gasteiger partial charge in [0.25, 0.3) is 0 Å². The van der Waals surface area contributed by atoms with Crippen molar-refractivity contribution in [3.8, 4) is 11.3 Å². The van der Waals surface area contributed by atoms with Crippen molar-refractivity contribution in [2.24, 2.45) is 7.05 Å². The lowest BCUT2D eigenvalue weighted by Crippen LogP contribution is -2.35. The van der Waals surface area contributed by atoms with Gasteiger partial charge in [0.2, 0.25) is 0 Å². The van der Waals surface area contributed by atoms with Crippen molar-refractivity contribution in [3.63, 3.8) is 0 Å². The van der Waals surface area contributed by atoms with E-state index in [2.05, 4.69) is 39.2 Å². The molecular weight excluding hydrogens is 482 g/mol. The zero-order valence-electron chi connectivity index (χ0n) is 21.4. The van der Waals surface area contributed by atoms with E-state index >= 15 is 0 Å². The summed E-state index contributed by atoms with van der Waals surface area (Å²) in [7, 11) is 1.91. The summed E-state index contributed by atoms with van der Waals surface area (Å²) >= 11 is 0. The summed E-state index contributed by atoms with van der Waals surface area (Å²) in [6.45, 7) is 4.12. The molecular formula is C30H30F2N6. The fraction of sp³-hybridized carbons (Fsp3) is 0.300. The number of hydrogen-bond acceptors (Lipinski definition) is 5. The van der Waals surface area contributed by atoms with E-state index in [1.807, 2.05) is 31.6 Å². The van der Waals surface area contributed by atoms with Gasteiger partial charge in [0.15, 0.2) is 5.82 Å². The van der Waals surface area contributed by atoms with Crippen LogP contribution in [-0.2, 0) is 26.6 Å². The van der Waals surface area contributed by atoms with Gasteiger partial charge in [-0.1, -0.05) is 42.0 Å². The molecule has 2 aliphatic heterocycles. The molecule has 194 valence electrons. The molecule has 2 aromatic heterocycles. The first-order chi connectivity index (χ1) is 18.5. The van der Waals surface area contributed by atoms with Gasteiger partial charge < -0.3 is 4.90 Å². The molecule has 6 nitrogen and oxygen atoms in total. The molecule has 38 heavy (non-hydrogen) atoms. The number of piperidine rings is 1. The number of benzene rings is 2. The van der Waals surface area contributed by atoms with Gasteiger partial charge in [0, 0.05) is 69.6 Å². The van der Waals surface area contributed by atoms with E-state index in [4.69, 9.17) is 9.97 Å². The minimum atomic E-state index is -0.559. The number of nitrogens with zero attached hydrogens (tertiary/aromatic N) is 6. The predicted octanol–water partition coefficient (Wildman–Crippen LogP) is 5.40. The van der Waals surface area contributed by atoms with Crippen molar-refractivity contribution in [3.05, 3.63) is 101 Å². The van der Waals surface area contributed by atoms with Crippen molar-refractivity contribution in [1.29, 1.82) is 0 Å². The molecule has 0 saturated carbocycles. The first kappa shape index (κ1) is 24.4. The van der Waals surface area contributed by atoms with Crippen LogP contribution in [0.15, 0.2) is 66.5 Å². The number of halogens is 2. The number of anilines is 1. The third-order valence-corrected chi connectivity index (χ3v) is 7.33. The Morgan fingerprint density at radius 3 is 2.47 bits per heavy atom. The Labute approximate surface area is 221 Å². The molecule has 0 bridgehead atoms. The van der Waals surface area contributed by atoms with Crippen LogP contribution >= 0.6 is 0 Å². The molecule has 0 atom stereocenters. The van der Waals surface area contributed by atoms with Gasteiger partial charge >= 0.3 is 0 Å². The summed E-state index contributed by atoms with van der Waals surface area (Å²) < 4.78 is 29.3. The number of rotatable bonds is 5. The van der Waals surface area contributed by atoms with Crippen molar-refractivity contribution < 1.29 is 8.78 Å². The highest BCUT2D eigenvalue weighted by molar-refractivity contribution is 5.72. The second kappa shape index (κ2) is 10.5. The highest BCUT2D eigenvalue weighted by Gasteiger charge is 2.26. The fourth-order valence-electron chi connectivity index (χ4n) is 5.30. The van der Waals surface area contributed by atoms with E-state index in [1.54, 1.807) is 4.68 Å². The zero-order chi connectivity index (χ0) is 26.1. The van der Waals surface area contributed by atoms with Crippen molar-refractivity contribution in [2.45, 2.75) is 32.4 Å². The molecule has 4 heterocycles. The van der Waals surface area contributed by atoms with Gasteiger partial charge in [-0.15, -0.1) is 0 Å². The monoisotopic (exact) mass is 512 g/mol. The van der Waals surface area contributed by atoms with Crippen LogP contribution in [0.3, 0.4) is 0 Å².